The number of aromatic nitrogens is 2. The van der Waals surface area contributed by atoms with Gasteiger partial charge in [0.2, 0.25) is 5.89 Å². The van der Waals surface area contributed by atoms with Crippen molar-refractivity contribution in [2.24, 2.45) is 0 Å². The van der Waals surface area contributed by atoms with Gasteiger partial charge in [0.05, 0.1) is 5.56 Å². The second-order valence-electron chi connectivity index (χ2n) is 5.78. The summed E-state index contributed by atoms with van der Waals surface area (Å²) in [5.74, 6) is 0.326. The van der Waals surface area contributed by atoms with Gasteiger partial charge in [0.15, 0.2) is 6.61 Å². The molecule has 5 heteroatoms. The summed E-state index contributed by atoms with van der Waals surface area (Å²) < 4.78 is 10.8. The first kappa shape index (κ1) is 14.6. The number of aryl methyl sites for hydroxylation is 2. The maximum atomic E-state index is 12.2. The van der Waals surface area contributed by atoms with E-state index in [1.807, 2.05) is 48.5 Å². The monoisotopic (exact) mass is 320 g/mol. The molecule has 24 heavy (non-hydrogen) atoms. The first-order valence-electron chi connectivity index (χ1n) is 7.96. The molecule has 0 unspecified atom stereocenters. The summed E-state index contributed by atoms with van der Waals surface area (Å²) in [5, 5.41) is 7.90. The van der Waals surface area contributed by atoms with Crippen molar-refractivity contribution in [2.75, 3.05) is 0 Å². The number of carbonyl (C=O) groups is 1. The molecule has 0 saturated heterocycles. The van der Waals surface area contributed by atoms with Crippen LogP contribution in [0.15, 0.2) is 52.9 Å². The third-order valence-corrected chi connectivity index (χ3v) is 4.15. The Balaban J connectivity index is 1.42. The van der Waals surface area contributed by atoms with Gasteiger partial charge >= 0.3 is 5.97 Å². The molecule has 0 atom stereocenters. The number of rotatable bonds is 4. The molecule has 4 rings (SSSR count). The highest BCUT2D eigenvalue weighted by Gasteiger charge is 2.16. The molecular weight excluding hydrogens is 304 g/mol. The first-order valence-corrected chi connectivity index (χ1v) is 7.96. The summed E-state index contributed by atoms with van der Waals surface area (Å²) in [6.07, 6.45) is 3.27. The summed E-state index contributed by atoms with van der Waals surface area (Å²) in [5.41, 5.74) is 3.98. The van der Waals surface area contributed by atoms with Gasteiger partial charge in [-0.1, -0.05) is 24.3 Å². The summed E-state index contributed by atoms with van der Waals surface area (Å²) in [6.45, 7) is -0.0320. The lowest BCUT2D eigenvalue weighted by Crippen LogP contribution is -2.06. The Bertz CT molecular complexity index is 871. The van der Waals surface area contributed by atoms with Gasteiger partial charge in [-0.2, -0.15) is 0 Å². The van der Waals surface area contributed by atoms with Crippen molar-refractivity contribution in [2.45, 2.75) is 25.9 Å². The number of hydrogen-bond acceptors (Lipinski definition) is 5. The fourth-order valence-electron chi connectivity index (χ4n) is 2.92. The van der Waals surface area contributed by atoms with E-state index in [1.54, 1.807) is 0 Å². The second kappa shape index (κ2) is 6.28. The number of nitrogens with zero attached hydrogens (tertiary/aromatic N) is 2. The Morgan fingerprint density at radius 1 is 1.04 bits per heavy atom. The van der Waals surface area contributed by atoms with E-state index in [1.165, 1.54) is 11.1 Å². The van der Waals surface area contributed by atoms with Gasteiger partial charge in [-0.25, -0.2) is 4.79 Å². The molecule has 1 heterocycles. The van der Waals surface area contributed by atoms with Crippen molar-refractivity contribution >= 4 is 5.97 Å². The van der Waals surface area contributed by atoms with Gasteiger partial charge in [-0.3, -0.25) is 0 Å². The molecule has 1 aliphatic rings. The Morgan fingerprint density at radius 3 is 2.75 bits per heavy atom. The zero-order valence-corrected chi connectivity index (χ0v) is 13.1. The summed E-state index contributed by atoms with van der Waals surface area (Å²) in [7, 11) is 0. The largest absolute Gasteiger partial charge is 0.452 e. The van der Waals surface area contributed by atoms with Crippen molar-refractivity contribution < 1.29 is 13.9 Å². The molecule has 0 bridgehead atoms. The highest BCUT2D eigenvalue weighted by Crippen LogP contribution is 2.23. The predicted octanol–water partition coefficient (Wildman–Crippen LogP) is 3.58. The smallest absolute Gasteiger partial charge is 0.338 e. The molecule has 0 radical (unpaired) electrons. The topological polar surface area (TPSA) is 65.2 Å². The van der Waals surface area contributed by atoms with Crippen LogP contribution in [0.4, 0.5) is 0 Å². The van der Waals surface area contributed by atoms with Crippen molar-refractivity contribution in [3.05, 3.63) is 71.1 Å². The molecule has 0 saturated carbocycles. The van der Waals surface area contributed by atoms with Crippen LogP contribution in [0.3, 0.4) is 0 Å². The number of fused-ring (bicyclic) bond motifs is 1. The van der Waals surface area contributed by atoms with Gasteiger partial charge in [0.1, 0.15) is 0 Å². The lowest BCUT2D eigenvalue weighted by molar-refractivity contribution is 0.0438. The highest BCUT2D eigenvalue weighted by molar-refractivity contribution is 5.89. The summed E-state index contributed by atoms with van der Waals surface area (Å²) in [6, 6.07) is 15.2. The van der Waals surface area contributed by atoms with Crippen molar-refractivity contribution in [3.63, 3.8) is 0 Å². The van der Waals surface area contributed by atoms with Gasteiger partial charge in [0, 0.05) is 5.56 Å². The molecule has 1 aromatic heterocycles. The van der Waals surface area contributed by atoms with Crippen LogP contribution in [0.5, 0.6) is 0 Å². The van der Waals surface area contributed by atoms with Crippen LogP contribution in [-0.4, -0.2) is 16.2 Å². The first-order chi connectivity index (χ1) is 11.8. The molecule has 0 fully saturated rings. The minimum absolute atomic E-state index is 0.0320. The SMILES string of the molecule is O=C(OCc1nnc(-c2ccccc2)o1)c1ccc2c(c1)CCC2. The molecule has 0 N–H and O–H groups in total. The van der Waals surface area contributed by atoms with E-state index in [0.717, 1.165) is 24.8 Å². The molecule has 3 aromatic rings. The average molecular weight is 320 g/mol. The third-order valence-electron chi connectivity index (χ3n) is 4.15. The van der Waals surface area contributed by atoms with Crippen LogP contribution in [0.25, 0.3) is 11.5 Å². The molecule has 5 nitrogen and oxygen atoms in total. The predicted molar refractivity (Wildman–Crippen MR) is 87.3 cm³/mol. The molecule has 0 spiro atoms. The van der Waals surface area contributed by atoms with Crippen LogP contribution in [0.1, 0.15) is 33.8 Å². The lowest BCUT2D eigenvalue weighted by Gasteiger charge is -2.04. The molecule has 120 valence electrons. The third kappa shape index (κ3) is 2.93. The average Bonchev–Trinajstić information content (AvgIpc) is 3.29. The van der Waals surface area contributed by atoms with Crippen LogP contribution in [0.2, 0.25) is 0 Å². The number of hydrogen-bond donors (Lipinski definition) is 0. The number of benzene rings is 2. The highest BCUT2D eigenvalue weighted by atomic mass is 16.5. The van der Waals surface area contributed by atoms with Gasteiger partial charge < -0.3 is 9.15 Å². The van der Waals surface area contributed by atoms with E-state index in [9.17, 15) is 4.79 Å². The Kier molecular flexibility index (Phi) is 3.83. The number of ether oxygens (including phenoxy) is 1. The fourth-order valence-corrected chi connectivity index (χ4v) is 2.92. The Morgan fingerprint density at radius 2 is 1.88 bits per heavy atom. The lowest BCUT2D eigenvalue weighted by atomic mass is 10.1. The van der Waals surface area contributed by atoms with Gasteiger partial charge in [-0.15, -0.1) is 10.2 Å². The van der Waals surface area contributed by atoms with E-state index in [4.69, 9.17) is 9.15 Å². The molecule has 1 aliphatic carbocycles. The minimum Gasteiger partial charge on any atom is -0.452 e. The molecule has 2 aromatic carbocycles. The fraction of sp³-hybridized carbons (Fsp3) is 0.211. The van der Waals surface area contributed by atoms with Crippen molar-refractivity contribution in [3.8, 4) is 11.5 Å². The Labute approximate surface area is 139 Å². The zero-order chi connectivity index (χ0) is 16.4. The van der Waals surface area contributed by atoms with Crippen LogP contribution in [-0.2, 0) is 24.2 Å². The normalized spacial score (nSPS) is 12.8. The second-order valence-corrected chi connectivity index (χ2v) is 5.78. The Hall–Kier alpha value is -2.95. The van der Waals surface area contributed by atoms with Crippen molar-refractivity contribution in [1.29, 1.82) is 0 Å². The maximum absolute atomic E-state index is 12.2. The minimum atomic E-state index is -0.371. The maximum Gasteiger partial charge on any atom is 0.338 e. The molecule has 0 aliphatic heterocycles. The zero-order valence-electron chi connectivity index (χ0n) is 13.1. The number of esters is 1. The molecular formula is C19H16N2O3. The van der Waals surface area contributed by atoms with E-state index in [2.05, 4.69) is 10.2 Å². The van der Waals surface area contributed by atoms with Crippen molar-refractivity contribution in [1.82, 2.24) is 10.2 Å². The van der Waals surface area contributed by atoms with E-state index >= 15 is 0 Å². The van der Waals surface area contributed by atoms with Crippen LogP contribution < -0.4 is 0 Å². The summed E-state index contributed by atoms with van der Waals surface area (Å²) in [4.78, 5) is 12.2. The van der Waals surface area contributed by atoms with Crippen LogP contribution >= 0.6 is 0 Å². The van der Waals surface area contributed by atoms with E-state index in [0.29, 0.717) is 11.5 Å². The van der Waals surface area contributed by atoms with Gasteiger partial charge in [-0.05, 0) is 54.7 Å². The van der Waals surface area contributed by atoms with Gasteiger partial charge in [0.25, 0.3) is 5.89 Å². The number of carbonyl (C=O) groups excluding carboxylic acids is 1. The summed E-state index contributed by atoms with van der Waals surface area (Å²) >= 11 is 0. The quantitative estimate of drug-likeness (QED) is 0.687. The molecule has 0 amide bonds. The standard InChI is InChI=1S/C19H16N2O3/c22-19(16-10-9-13-7-4-8-15(13)11-16)23-12-17-20-21-18(24-17)14-5-2-1-3-6-14/h1-3,5-6,9-11H,4,7-8,12H2. The van der Waals surface area contributed by atoms with E-state index in [-0.39, 0.29) is 18.5 Å². The van der Waals surface area contributed by atoms with Crippen LogP contribution in [0, 0.1) is 0 Å². The van der Waals surface area contributed by atoms with E-state index < -0.39 is 0 Å².